The largest absolute Gasteiger partial charge is 0.374 e. The molecule has 98 valence electrons. The van der Waals surface area contributed by atoms with E-state index in [4.69, 9.17) is 4.74 Å². The molecule has 0 saturated heterocycles. The van der Waals surface area contributed by atoms with Gasteiger partial charge < -0.3 is 10.1 Å². The van der Waals surface area contributed by atoms with Gasteiger partial charge in [-0.1, -0.05) is 6.92 Å². The van der Waals surface area contributed by atoms with Crippen molar-refractivity contribution in [3.05, 3.63) is 5.82 Å². The van der Waals surface area contributed by atoms with E-state index in [1.807, 2.05) is 20.8 Å². The Morgan fingerprint density at radius 3 is 2.76 bits per heavy atom. The molecule has 1 rings (SSSR count). The van der Waals surface area contributed by atoms with E-state index in [9.17, 15) is 0 Å². The highest BCUT2D eigenvalue weighted by atomic mass is 16.5. The second-order valence-corrected chi connectivity index (χ2v) is 4.62. The van der Waals surface area contributed by atoms with Crippen LogP contribution in [0.5, 0.6) is 0 Å². The molecule has 0 amide bonds. The molecule has 0 aromatic carbocycles. The van der Waals surface area contributed by atoms with E-state index in [1.165, 1.54) is 0 Å². The molecule has 0 aliphatic carbocycles. The van der Waals surface area contributed by atoms with Crippen LogP contribution in [0.15, 0.2) is 0 Å². The lowest BCUT2D eigenvalue weighted by atomic mass is 10.1. The number of nitrogens with one attached hydrogen (secondary N) is 1. The van der Waals surface area contributed by atoms with Gasteiger partial charge >= 0.3 is 0 Å². The lowest BCUT2D eigenvalue weighted by molar-refractivity contribution is -0.0256. The highest BCUT2D eigenvalue weighted by Crippen LogP contribution is 2.12. The van der Waals surface area contributed by atoms with Crippen LogP contribution in [0.1, 0.15) is 39.9 Å². The van der Waals surface area contributed by atoms with Crippen LogP contribution in [0.2, 0.25) is 0 Å². The summed E-state index contributed by atoms with van der Waals surface area (Å²) in [5, 5.41) is 15.0. The Kier molecular flexibility index (Phi) is 5.50. The molecule has 0 radical (unpaired) electrons. The smallest absolute Gasteiger partial charge is 0.165 e. The molecule has 1 aromatic rings. The van der Waals surface area contributed by atoms with Gasteiger partial charge in [0, 0.05) is 6.61 Å². The van der Waals surface area contributed by atoms with Crippen LogP contribution >= 0.6 is 0 Å². The molecule has 1 heterocycles. The first-order chi connectivity index (χ1) is 8.09. The molecule has 0 bridgehead atoms. The second kappa shape index (κ2) is 6.66. The van der Waals surface area contributed by atoms with Gasteiger partial charge in [-0.05, 0) is 44.2 Å². The van der Waals surface area contributed by atoms with Crippen molar-refractivity contribution in [2.45, 2.75) is 52.8 Å². The van der Waals surface area contributed by atoms with Crippen molar-refractivity contribution in [3.63, 3.8) is 0 Å². The summed E-state index contributed by atoms with van der Waals surface area (Å²) in [4.78, 5) is 0. The maximum atomic E-state index is 5.65. The number of tetrazole rings is 1. The first-order valence-corrected chi connectivity index (χ1v) is 6.18. The second-order valence-electron chi connectivity index (χ2n) is 4.62. The maximum Gasteiger partial charge on any atom is 0.165 e. The fourth-order valence-electron chi connectivity index (χ4n) is 1.65. The average molecular weight is 241 g/mol. The molecule has 0 atom stereocenters. The minimum absolute atomic E-state index is 0.246. The molecule has 1 aromatic heterocycles. The van der Waals surface area contributed by atoms with Crippen molar-refractivity contribution in [2.24, 2.45) is 0 Å². The first-order valence-electron chi connectivity index (χ1n) is 6.18. The highest BCUT2D eigenvalue weighted by molar-refractivity contribution is 4.82. The Labute approximate surface area is 103 Å². The standard InChI is InChI=1S/C11H23N5O/c1-5-7-12-8-10-13-14-15-16(10)9-11(3,4)17-6-2/h12H,5-9H2,1-4H3. The monoisotopic (exact) mass is 241 g/mol. The van der Waals surface area contributed by atoms with Crippen molar-refractivity contribution >= 4 is 0 Å². The Balaban J connectivity index is 2.56. The minimum Gasteiger partial charge on any atom is -0.374 e. The lowest BCUT2D eigenvalue weighted by Crippen LogP contribution is -2.32. The van der Waals surface area contributed by atoms with Crippen LogP contribution in [0.4, 0.5) is 0 Å². The Hall–Kier alpha value is -1.01. The van der Waals surface area contributed by atoms with Crippen LogP contribution in [0, 0.1) is 0 Å². The van der Waals surface area contributed by atoms with Crippen molar-refractivity contribution < 1.29 is 4.74 Å². The summed E-state index contributed by atoms with van der Waals surface area (Å²) in [6.45, 7) is 11.2. The average Bonchev–Trinajstić information content (AvgIpc) is 2.65. The molecular weight excluding hydrogens is 218 g/mol. The van der Waals surface area contributed by atoms with Crippen LogP contribution in [0.25, 0.3) is 0 Å². The van der Waals surface area contributed by atoms with Crippen LogP contribution in [0.3, 0.4) is 0 Å². The summed E-state index contributed by atoms with van der Waals surface area (Å²) in [7, 11) is 0. The lowest BCUT2D eigenvalue weighted by Gasteiger charge is -2.24. The summed E-state index contributed by atoms with van der Waals surface area (Å²) in [6, 6.07) is 0. The number of aromatic nitrogens is 4. The normalized spacial score (nSPS) is 12.0. The predicted octanol–water partition coefficient (Wildman–Crippen LogP) is 0.988. The fraction of sp³-hybridized carbons (Fsp3) is 0.909. The maximum absolute atomic E-state index is 5.65. The van der Waals surface area contributed by atoms with Crippen molar-refractivity contribution in [1.29, 1.82) is 0 Å². The van der Waals surface area contributed by atoms with E-state index in [2.05, 4.69) is 27.8 Å². The van der Waals surface area contributed by atoms with Crippen LogP contribution in [-0.4, -0.2) is 39.0 Å². The van der Waals surface area contributed by atoms with Crippen molar-refractivity contribution in [1.82, 2.24) is 25.5 Å². The summed E-state index contributed by atoms with van der Waals surface area (Å²) in [6.07, 6.45) is 1.10. The molecule has 0 aliphatic rings. The van der Waals surface area contributed by atoms with Crippen molar-refractivity contribution in [2.75, 3.05) is 13.2 Å². The number of rotatable bonds is 8. The van der Waals surface area contributed by atoms with Gasteiger partial charge in [0.05, 0.1) is 18.7 Å². The predicted molar refractivity (Wildman–Crippen MR) is 65.5 cm³/mol. The third-order valence-corrected chi connectivity index (χ3v) is 2.38. The zero-order valence-corrected chi connectivity index (χ0v) is 11.2. The molecule has 0 spiro atoms. The van der Waals surface area contributed by atoms with E-state index < -0.39 is 0 Å². The summed E-state index contributed by atoms with van der Waals surface area (Å²) < 4.78 is 7.45. The SMILES string of the molecule is CCCNCc1nnnn1CC(C)(C)OCC. The zero-order chi connectivity index (χ0) is 12.7. The van der Waals surface area contributed by atoms with Crippen LogP contribution < -0.4 is 5.32 Å². The molecule has 1 N–H and O–H groups in total. The summed E-state index contributed by atoms with van der Waals surface area (Å²) >= 11 is 0. The first kappa shape index (κ1) is 14.1. The third-order valence-electron chi connectivity index (χ3n) is 2.38. The van der Waals surface area contributed by atoms with E-state index >= 15 is 0 Å². The molecular formula is C11H23N5O. The summed E-state index contributed by atoms with van der Waals surface area (Å²) in [5.41, 5.74) is -0.246. The van der Waals surface area contributed by atoms with E-state index in [1.54, 1.807) is 4.68 Å². The third kappa shape index (κ3) is 4.79. The molecule has 0 aliphatic heterocycles. The molecule has 17 heavy (non-hydrogen) atoms. The van der Waals surface area contributed by atoms with Gasteiger partial charge in [0.15, 0.2) is 5.82 Å². The zero-order valence-electron chi connectivity index (χ0n) is 11.2. The van der Waals surface area contributed by atoms with Gasteiger partial charge in [-0.15, -0.1) is 5.10 Å². The molecule has 0 fully saturated rings. The Morgan fingerprint density at radius 1 is 1.35 bits per heavy atom. The van der Waals surface area contributed by atoms with Gasteiger partial charge in [0.2, 0.25) is 0 Å². The Morgan fingerprint density at radius 2 is 2.12 bits per heavy atom. The fourth-order valence-corrected chi connectivity index (χ4v) is 1.65. The van der Waals surface area contributed by atoms with Gasteiger partial charge in [-0.2, -0.15) is 0 Å². The Bertz CT molecular complexity index is 323. The minimum atomic E-state index is -0.246. The number of nitrogens with zero attached hydrogens (tertiary/aromatic N) is 4. The van der Waals surface area contributed by atoms with Gasteiger partial charge in [0.1, 0.15) is 0 Å². The van der Waals surface area contributed by atoms with E-state index in [0.717, 1.165) is 18.8 Å². The topological polar surface area (TPSA) is 64.9 Å². The molecule has 6 nitrogen and oxygen atoms in total. The summed E-state index contributed by atoms with van der Waals surface area (Å²) in [5.74, 6) is 0.853. The van der Waals surface area contributed by atoms with Crippen LogP contribution in [-0.2, 0) is 17.8 Å². The van der Waals surface area contributed by atoms with Crippen molar-refractivity contribution in [3.8, 4) is 0 Å². The van der Waals surface area contributed by atoms with Gasteiger partial charge in [-0.25, -0.2) is 4.68 Å². The number of hydrogen-bond donors (Lipinski definition) is 1. The van der Waals surface area contributed by atoms with E-state index in [0.29, 0.717) is 19.7 Å². The number of ether oxygens (including phenoxy) is 1. The molecule has 0 unspecified atom stereocenters. The molecule has 6 heteroatoms. The van der Waals surface area contributed by atoms with Gasteiger partial charge in [-0.3, -0.25) is 0 Å². The van der Waals surface area contributed by atoms with E-state index in [-0.39, 0.29) is 5.60 Å². The molecule has 0 saturated carbocycles. The quantitative estimate of drug-likeness (QED) is 0.688. The highest BCUT2D eigenvalue weighted by Gasteiger charge is 2.21. The number of hydrogen-bond acceptors (Lipinski definition) is 5. The van der Waals surface area contributed by atoms with Gasteiger partial charge in [0.25, 0.3) is 0 Å².